The quantitative estimate of drug-likeness (QED) is 0.489. The van der Waals surface area contributed by atoms with Crippen molar-refractivity contribution < 1.29 is 14.3 Å². The van der Waals surface area contributed by atoms with E-state index < -0.39 is 11.6 Å². The molecule has 0 radical (unpaired) electrons. The lowest BCUT2D eigenvalue weighted by Gasteiger charge is -2.22. The Labute approximate surface area is 190 Å². The number of esters is 1. The standard InChI is InChI=1S/C26H31N3O3/c1-26(2,3)32-24(30)18-29-23(16-13-19-9-7-6-8-10-19)27-22(25(29)31)17-20-11-14-21(15-12-20)28(4)5/h7,9-17H,6,8,18H2,1-5H3/b16-13+,22-17-. The van der Waals surface area contributed by atoms with Crippen molar-refractivity contribution in [2.75, 3.05) is 25.5 Å². The van der Waals surface area contributed by atoms with Crippen LogP contribution >= 0.6 is 0 Å². The van der Waals surface area contributed by atoms with Crippen LogP contribution in [-0.2, 0) is 14.3 Å². The molecular weight excluding hydrogens is 402 g/mol. The minimum Gasteiger partial charge on any atom is -0.459 e. The average Bonchev–Trinajstić information content (AvgIpc) is 3.01. The van der Waals surface area contributed by atoms with Crippen molar-refractivity contribution in [3.8, 4) is 0 Å². The van der Waals surface area contributed by atoms with E-state index in [4.69, 9.17) is 4.74 Å². The number of hydrogen-bond donors (Lipinski definition) is 0. The number of aliphatic imine (C=N–C) groups is 1. The smallest absolute Gasteiger partial charge is 0.326 e. The number of benzene rings is 1. The van der Waals surface area contributed by atoms with Crippen molar-refractivity contribution in [1.82, 2.24) is 4.90 Å². The maximum Gasteiger partial charge on any atom is 0.326 e. The van der Waals surface area contributed by atoms with Gasteiger partial charge in [-0.2, -0.15) is 0 Å². The van der Waals surface area contributed by atoms with E-state index in [9.17, 15) is 9.59 Å². The van der Waals surface area contributed by atoms with E-state index in [1.807, 2.05) is 55.4 Å². The first-order valence-corrected chi connectivity index (χ1v) is 10.8. The highest BCUT2D eigenvalue weighted by molar-refractivity contribution is 6.18. The summed E-state index contributed by atoms with van der Waals surface area (Å²) in [7, 11) is 3.95. The lowest BCUT2D eigenvalue weighted by molar-refractivity contribution is -0.156. The number of carbonyl (C=O) groups is 2. The first-order valence-electron chi connectivity index (χ1n) is 10.8. The Morgan fingerprint density at radius 2 is 1.88 bits per heavy atom. The van der Waals surface area contributed by atoms with Gasteiger partial charge in [0.1, 0.15) is 23.7 Å². The zero-order chi connectivity index (χ0) is 23.3. The van der Waals surface area contributed by atoms with Crippen molar-refractivity contribution in [1.29, 1.82) is 0 Å². The van der Waals surface area contributed by atoms with Crippen molar-refractivity contribution in [2.24, 2.45) is 4.99 Å². The molecule has 32 heavy (non-hydrogen) atoms. The summed E-state index contributed by atoms with van der Waals surface area (Å²) in [6.07, 6.45) is 13.7. The number of hydrogen-bond acceptors (Lipinski definition) is 5. The van der Waals surface area contributed by atoms with E-state index in [-0.39, 0.29) is 12.5 Å². The molecule has 1 aliphatic carbocycles. The van der Waals surface area contributed by atoms with Crippen LogP contribution in [0.1, 0.15) is 39.2 Å². The molecule has 3 rings (SSSR count). The molecule has 0 N–H and O–H groups in total. The molecule has 0 fully saturated rings. The Hall–Kier alpha value is -3.41. The number of nitrogens with zero attached hydrogens (tertiary/aromatic N) is 3. The maximum atomic E-state index is 13.1. The number of allylic oxidation sites excluding steroid dienone is 5. The second-order valence-electron chi connectivity index (χ2n) is 8.98. The molecule has 0 saturated heterocycles. The first kappa shape index (κ1) is 23.3. The third-order valence-electron chi connectivity index (χ3n) is 4.84. The molecule has 0 saturated carbocycles. The molecule has 1 amide bonds. The molecule has 1 heterocycles. The van der Waals surface area contributed by atoms with Crippen LogP contribution in [0.15, 0.2) is 70.9 Å². The van der Waals surface area contributed by atoms with Crippen molar-refractivity contribution in [3.63, 3.8) is 0 Å². The van der Waals surface area contributed by atoms with E-state index in [0.29, 0.717) is 11.5 Å². The van der Waals surface area contributed by atoms with E-state index in [1.54, 1.807) is 32.9 Å². The van der Waals surface area contributed by atoms with Crippen LogP contribution in [0.3, 0.4) is 0 Å². The lowest BCUT2D eigenvalue weighted by Crippen LogP contribution is -2.39. The molecule has 6 nitrogen and oxygen atoms in total. The number of rotatable bonds is 6. The van der Waals surface area contributed by atoms with Gasteiger partial charge in [0.25, 0.3) is 5.91 Å². The average molecular weight is 434 g/mol. The van der Waals surface area contributed by atoms with Gasteiger partial charge in [-0.05, 0) is 69.0 Å². The van der Waals surface area contributed by atoms with Gasteiger partial charge in [0.2, 0.25) is 0 Å². The second-order valence-corrected chi connectivity index (χ2v) is 8.98. The van der Waals surface area contributed by atoms with E-state index >= 15 is 0 Å². The molecule has 6 heteroatoms. The molecule has 0 bridgehead atoms. The van der Waals surface area contributed by atoms with Gasteiger partial charge in [-0.1, -0.05) is 36.4 Å². The van der Waals surface area contributed by atoms with Crippen LogP contribution in [0.2, 0.25) is 0 Å². The molecule has 0 aromatic heterocycles. The summed E-state index contributed by atoms with van der Waals surface area (Å²) < 4.78 is 5.42. The minimum absolute atomic E-state index is 0.189. The van der Waals surface area contributed by atoms with Crippen LogP contribution < -0.4 is 4.90 Å². The first-order chi connectivity index (χ1) is 15.1. The van der Waals surface area contributed by atoms with Crippen molar-refractivity contribution in [3.05, 3.63) is 71.5 Å². The van der Waals surface area contributed by atoms with Crippen LogP contribution in [-0.4, -0.2) is 48.9 Å². The third-order valence-corrected chi connectivity index (χ3v) is 4.84. The Bertz CT molecular complexity index is 1020. The van der Waals surface area contributed by atoms with E-state index in [0.717, 1.165) is 29.7 Å². The molecule has 0 spiro atoms. The Morgan fingerprint density at radius 3 is 2.47 bits per heavy atom. The van der Waals surface area contributed by atoms with E-state index in [2.05, 4.69) is 17.1 Å². The summed E-state index contributed by atoms with van der Waals surface area (Å²) in [4.78, 5) is 33.5. The maximum absolute atomic E-state index is 13.1. The number of ether oxygens (including phenoxy) is 1. The summed E-state index contributed by atoms with van der Waals surface area (Å²) >= 11 is 0. The number of amidine groups is 1. The van der Waals surface area contributed by atoms with Crippen LogP contribution in [0.25, 0.3) is 6.08 Å². The molecule has 2 aliphatic rings. The molecule has 1 aromatic carbocycles. The van der Waals surface area contributed by atoms with Gasteiger partial charge in [0, 0.05) is 19.8 Å². The van der Waals surface area contributed by atoms with Gasteiger partial charge < -0.3 is 9.64 Å². The normalized spacial score (nSPS) is 17.7. The second kappa shape index (κ2) is 9.81. The van der Waals surface area contributed by atoms with Crippen molar-refractivity contribution in [2.45, 2.75) is 39.2 Å². The molecule has 0 atom stereocenters. The molecule has 0 unspecified atom stereocenters. The highest BCUT2D eigenvalue weighted by atomic mass is 16.6. The summed E-state index contributed by atoms with van der Waals surface area (Å²) in [6, 6.07) is 7.84. The van der Waals surface area contributed by atoms with Crippen LogP contribution in [0.5, 0.6) is 0 Å². The lowest BCUT2D eigenvalue weighted by atomic mass is 10.1. The van der Waals surface area contributed by atoms with Crippen LogP contribution in [0, 0.1) is 0 Å². The Kier molecular flexibility index (Phi) is 7.13. The zero-order valence-corrected chi connectivity index (χ0v) is 19.5. The van der Waals surface area contributed by atoms with Gasteiger partial charge in [0.05, 0.1) is 0 Å². The third kappa shape index (κ3) is 6.30. The summed E-state index contributed by atoms with van der Waals surface area (Å²) in [5, 5.41) is 0. The SMILES string of the molecule is CN(C)c1ccc(/C=C2N=C(/C=C/C3=CCCC=C3)N(CC(=O)OC(C)(C)C)C\2=O)cc1. The minimum atomic E-state index is -0.627. The van der Waals surface area contributed by atoms with Gasteiger partial charge in [-0.15, -0.1) is 0 Å². The Balaban J connectivity index is 1.87. The number of anilines is 1. The van der Waals surface area contributed by atoms with Gasteiger partial charge in [-0.3, -0.25) is 14.5 Å². The number of amides is 1. The molecule has 168 valence electrons. The van der Waals surface area contributed by atoms with E-state index in [1.165, 1.54) is 4.90 Å². The Morgan fingerprint density at radius 1 is 1.16 bits per heavy atom. The summed E-state index contributed by atoms with van der Waals surface area (Å²) in [6.45, 7) is 5.22. The zero-order valence-electron chi connectivity index (χ0n) is 19.5. The topological polar surface area (TPSA) is 62.2 Å². The van der Waals surface area contributed by atoms with Gasteiger partial charge >= 0.3 is 5.97 Å². The summed E-state index contributed by atoms with van der Waals surface area (Å²) in [5.74, 6) is -0.363. The van der Waals surface area contributed by atoms with Crippen molar-refractivity contribution >= 4 is 29.5 Å². The number of carbonyl (C=O) groups excluding carboxylic acids is 2. The summed E-state index contributed by atoms with van der Waals surface area (Å²) in [5.41, 5.74) is 2.65. The predicted molar refractivity (Wildman–Crippen MR) is 129 cm³/mol. The fourth-order valence-corrected chi connectivity index (χ4v) is 3.31. The predicted octanol–water partition coefficient (Wildman–Crippen LogP) is 4.51. The van der Waals surface area contributed by atoms with Gasteiger partial charge in [-0.25, -0.2) is 4.99 Å². The molecule has 1 aliphatic heterocycles. The highest BCUT2D eigenvalue weighted by Crippen LogP contribution is 2.22. The molecule has 1 aromatic rings. The monoisotopic (exact) mass is 433 g/mol. The highest BCUT2D eigenvalue weighted by Gasteiger charge is 2.32. The largest absolute Gasteiger partial charge is 0.459 e. The van der Waals surface area contributed by atoms with Gasteiger partial charge in [0.15, 0.2) is 0 Å². The van der Waals surface area contributed by atoms with Crippen LogP contribution in [0.4, 0.5) is 5.69 Å². The molecular formula is C26H31N3O3. The fraction of sp³-hybridized carbons (Fsp3) is 0.346. The fourth-order valence-electron chi connectivity index (χ4n) is 3.31.